The van der Waals surface area contributed by atoms with Gasteiger partial charge in [-0.05, 0) is 0 Å². The summed E-state index contributed by atoms with van der Waals surface area (Å²) in [5, 5.41) is 0. The Morgan fingerprint density at radius 2 is 1.25 bits per heavy atom. The first kappa shape index (κ1) is 17.0. The molecule has 0 aromatic heterocycles. The molecule has 0 saturated heterocycles. The van der Waals surface area contributed by atoms with Crippen LogP contribution < -0.4 is 0 Å². The fraction of sp³-hybridized carbons (Fsp3) is 0. The van der Waals surface area contributed by atoms with E-state index in [2.05, 4.69) is 0 Å². The van der Waals surface area contributed by atoms with E-state index in [9.17, 15) is 0 Å². The molecule has 0 aromatic carbocycles. The Hall–Kier alpha value is 1.84. The molecule has 0 spiro atoms. The monoisotopic (exact) mass is 234 g/mol. The molecule has 0 rings (SSSR count). The van der Waals surface area contributed by atoms with Gasteiger partial charge in [0.25, 0.3) is 0 Å². The third-order valence-corrected chi connectivity index (χ3v) is 0. The number of hydrogen-bond acceptors (Lipinski definition) is 1. The molecule has 22 valence electrons. The van der Waals surface area contributed by atoms with Crippen LogP contribution in [0.5, 0.6) is 0 Å². The van der Waals surface area contributed by atoms with Crippen molar-refractivity contribution in [3.63, 3.8) is 0 Å². The van der Waals surface area contributed by atoms with Crippen molar-refractivity contribution >= 4 is 61.9 Å². The summed E-state index contributed by atoms with van der Waals surface area (Å²) in [5.41, 5.74) is 0. The third-order valence-electron chi connectivity index (χ3n) is 0. The predicted molar refractivity (Wildman–Crippen MR) is 27.7 cm³/mol. The topological polar surface area (TPSA) is 17.1 Å². The molecule has 0 N–H and O–H groups in total. The van der Waals surface area contributed by atoms with Crippen LogP contribution in [0.1, 0.15) is 0 Å². The summed E-state index contributed by atoms with van der Waals surface area (Å²) in [7, 11) is 0. The van der Waals surface area contributed by atoms with E-state index in [1.54, 1.807) is 0 Å². The van der Waals surface area contributed by atoms with Crippen LogP contribution in [0.25, 0.3) is 0 Å². The maximum atomic E-state index is 8.28. The molecule has 0 aliphatic rings. The van der Waals surface area contributed by atoms with Crippen LogP contribution in [0.15, 0.2) is 0 Å². The molecule has 0 heterocycles. The molecule has 4 heteroatoms. The summed E-state index contributed by atoms with van der Waals surface area (Å²) in [6.07, 6.45) is 0. The number of hydrogen-bond donors (Lipinski definition) is 0. The average molecular weight is 235 g/mol. The van der Waals surface area contributed by atoms with Crippen molar-refractivity contribution in [3.8, 4) is 0 Å². The molecule has 0 aromatic rings. The van der Waals surface area contributed by atoms with Crippen molar-refractivity contribution in [3.05, 3.63) is 0 Å². The standard InChI is InChI=1S/Al.Ga.In.O.7H. The predicted octanol–water partition coefficient (Wildman–Crippen LogP) is -3.14. The molecule has 0 aliphatic carbocycles. The molecule has 0 atom stereocenters. The van der Waals surface area contributed by atoms with E-state index >= 15 is 0 Å². The SMILES string of the molecule is [GaH3].[InH3].[O]=[AlH]. The minimum atomic E-state index is 0. The van der Waals surface area contributed by atoms with Gasteiger partial charge in [-0.15, -0.1) is 0 Å². The van der Waals surface area contributed by atoms with Gasteiger partial charge < -0.3 is 0 Å². The molecule has 1 nitrogen and oxygen atoms in total. The summed E-state index contributed by atoms with van der Waals surface area (Å²) in [6, 6.07) is 0. The van der Waals surface area contributed by atoms with Crippen LogP contribution in [0.4, 0.5) is 0 Å². The van der Waals surface area contributed by atoms with E-state index in [4.69, 9.17) is 3.80 Å². The summed E-state index contributed by atoms with van der Waals surface area (Å²) in [5.74, 6) is 0. The second kappa shape index (κ2) is 21.1. The van der Waals surface area contributed by atoms with Crippen molar-refractivity contribution in [2.24, 2.45) is 0 Å². The van der Waals surface area contributed by atoms with Gasteiger partial charge in [-0.3, -0.25) is 0 Å². The maximum absolute atomic E-state index is 8.28. The first-order chi connectivity index (χ1) is 1.00. The molecule has 4 heavy (non-hydrogen) atoms. The zero-order valence-electron chi connectivity index (χ0n) is 1.12. The minimum absolute atomic E-state index is 0. The van der Waals surface area contributed by atoms with Crippen molar-refractivity contribution in [1.82, 2.24) is 0 Å². The van der Waals surface area contributed by atoms with Gasteiger partial charge >= 0.3 is 65.7 Å². The van der Waals surface area contributed by atoms with Gasteiger partial charge in [-0.1, -0.05) is 0 Å². The fourth-order valence-electron chi connectivity index (χ4n) is 0. The van der Waals surface area contributed by atoms with Gasteiger partial charge in [0.15, 0.2) is 0 Å². The van der Waals surface area contributed by atoms with Crippen LogP contribution in [-0.2, 0) is 3.80 Å². The Kier molecular flexibility index (Phi) is 89.4. The number of rotatable bonds is 0. The quantitative estimate of drug-likeness (QED) is 0.405. The molecular formula is H7AlGaInO. The van der Waals surface area contributed by atoms with E-state index in [0.717, 1.165) is 0 Å². The second-order valence-electron chi connectivity index (χ2n) is 0. The van der Waals surface area contributed by atoms with Crippen molar-refractivity contribution in [1.29, 1.82) is 0 Å². The van der Waals surface area contributed by atoms with E-state index in [1.807, 2.05) is 0 Å². The molecular weight excluding hydrogens is 228 g/mol. The van der Waals surface area contributed by atoms with E-state index in [0.29, 0.717) is 16.2 Å². The van der Waals surface area contributed by atoms with Gasteiger partial charge in [0.2, 0.25) is 0 Å². The summed E-state index contributed by atoms with van der Waals surface area (Å²) in [4.78, 5) is 0. The molecule has 0 radical (unpaired) electrons. The molecule has 0 unspecified atom stereocenters. The van der Waals surface area contributed by atoms with Gasteiger partial charge in [0, 0.05) is 0 Å². The summed E-state index contributed by atoms with van der Waals surface area (Å²) < 4.78 is 8.28. The Labute approximate surface area is 65.0 Å². The normalized spacial score (nSPS) is 0.750. The Balaban J connectivity index is -0.00000000500. The van der Waals surface area contributed by atoms with E-state index in [1.165, 1.54) is 0 Å². The molecule has 0 aliphatic heterocycles. The van der Waals surface area contributed by atoms with Crippen molar-refractivity contribution in [2.45, 2.75) is 0 Å². The first-order valence-corrected chi connectivity index (χ1v) is 0.866. The van der Waals surface area contributed by atoms with Crippen LogP contribution in [0.2, 0.25) is 0 Å². The Bertz CT molecular complexity index is 8.00. The Morgan fingerprint density at radius 3 is 1.25 bits per heavy atom. The summed E-state index contributed by atoms with van der Waals surface area (Å²) in [6.45, 7) is 0. The van der Waals surface area contributed by atoms with E-state index in [-0.39, 0.29) is 45.6 Å². The van der Waals surface area contributed by atoms with Crippen LogP contribution in [0.3, 0.4) is 0 Å². The molecule has 0 amide bonds. The third kappa shape index (κ3) is 9.15. The van der Waals surface area contributed by atoms with Gasteiger partial charge in [-0.25, -0.2) is 0 Å². The molecule has 0 fully saturated rings. The van der Waals surface area contributed by atoms with E-state index < -0.39 is 0 Å². The van der Waals surface area contributed by atoms with Gasteiger partial charge in [0.05, 0.1) is 0 Å². The van der Waals surface area contributed by atoms with Gasteiger partial charge in [-0.2, -0.15) is 0 Å². The second-order valence-corrected chi connectivity index (χ2v) is 0. The molecule has 0 bridgehead atoms. The zero-order chi connectivity index (χ0) is 2.00. The van der Waals surface area contributed by atoms with Crippen molar-refractivity contribution < 1.29 is 3.80 Å². The average Bonchev–Trinajstić information content (AvgIpc) is 1.00. The van der Waals surface area contributed by atoms with Gasteiger partial charge in [0.1, 0.15) is 0 Å². The van der Waals surface area contributed by atoms with Crippen LogP contribution in [0, 0.1) is 0 Å². The fourth-order valence-corrected chi connectivity index (χ4v) is 0. The summed E-state index contributed by atoms with van der Waals surface area (Å²) >= 11 is 0.611. The first-order valence-electron chi connectivity index (χ1n) is 0.289. The van der Waals surface area contributed by atoms with Crippen molar-refractivity contribution in [2.75, 3.05) is 0 Å². The molecule has 0 saturated carbocycles. The van der Waals surface area contributed by atoms with Crippen LogP contribution in [-0.4, -0.2) is 61.9 Å². The van der Waals surface area contributed by atoms with Crippen LogP contribution >= 0.6 is 0 Å². The zero-order valence-corrected chi connectivity index (χ0v) is 2.53. The Morgan fingerprint density at radius 1 is 1.25 bits per heavy atom.